The highest BCUT2D eigenvalue weighted by Crippen LogP contribution is 2.22. The van der Waals surface area contributed by atoms with E-state index in [0.717, 1.165) is 4.47 Å². The third-order valence-electron chi connectivity index (χ3n) is 2.04. The molecule has 0 saturated heterocycles. The molecular formula is C11H8BrClN2O2. The van der Waals surface area contributed by atoms with Crippen molar-refractivity contribution in [1.29, 1.82) is 0 Å². The van der Waals surface area contributed by atoms with Gasteiger partial charge in [0.05, 0.1) is 16.3 Å². The molecule has 0 aliphatic rings. The lowest BCUT2D eigenvalue weighted by Crippen LogP contribution is -2.11. The number of anilines is 1. The van der Waals surface area contributed by atoms with E-state index in [2.05, 4.69) is 26.4 Å². The van der Waals surface area contributed by atoms with Crippen LogP contribution in [0.4, 0.5) is 5.88 Å². The lowest BCUT2D eigenvalue weighted by molar-refractivity contribution is 0.102. The lowest BCUT2D eigenvalue weighted by Gasteiger charge is -2.03. The first-order valence-corrected chi connectivity index (χ1v) is 5.93. The molecule has 1 N–H and O–H groups in total. The summed E-state index contributed by atoms with van der Waals surface area (Å²) in [5, 5.41) is 6.62. The van der Waals surface area contributed by atoms with Crippen LogP contribution in [-0.4, -0.2) is 11.1 Å². The second-order valence-electron chi connectivity index (χ2n) is 3.41. The Kier molecular flexibility index (Phi) is 3.49. The zero-order valence-electron chi connectivity index (χ0n) is 8.83. The van der Waals surface area contributed by atoms with Crippen molar-refractivity contribution in [2.75, 3.05) is 5.32 Å². The molecule has 2 aromatic rings. The van der Waals surface area contributed by atoms with Gasteiger partial charge >= 0.3 is 0 Å². The van der Waals surface area contributed by atoms with E-state index in [0.29, 0.717) is 22.2 Å². The summed E-state index contributed by atoms with van der Waals surface area (Å²) < 4.78 is 5.67. The number of aromatic nitrogens is 1. The second kappa shape index (κ2) is 4.89. The Hall–Kier alpha value is -1.33. The van der Waals surface area contributed by atoms with E-state index >= 15 is 0 Å². The highest BCUT2D eigenvalue weighted by molar-refractivity contribution is 9.10. The number of benzene rings is 1. The first kappa shape index (κ1) is 12.1. The Bertz CT molecular complexity index is 568. The van der Waals surface area contributed by atoms with Crippen molar-refractivity contribution in [3.63, 3.8) is 0 Å². The Morgan fingerprint density at radius 2 is 2.24 bits per heavy atom. The van der Waals surface area contributed by atoms with Gasteiger partial charge in [-0.3, -0.25) is 10.1 Å². The van der Waals surface area contributed by atoms with E-state index in [1.807, 2.05) is 0 Å². The Balaban J connectivity index is 2.22. The minimum atomic E-state index is -0.340. The van der Waals surface area contributed by atoms with Gasteiger partial charge in [0.25, 0.3) is 5.91 Å². The average Bonchev–Trinajstić information content (AvgIpc) is 2.67. The van der Waals surface area contributed by atoms with Crippen LogP contribution in [0.15, 0.2) is 33.3 Å². The molecule has 4 nitrogen and oxygen atoms in total. The highest BCUT2D eigenvalue weighted by Gasteiger charge is 2.13. The standard InChI is InChI=1S/C11H8BrClN2O2/c1-6-4-10(17-15-6)14-11(16)8-5-7(12)2-3-9(8)13/h2-5H,1H3,(H,14,16). The van der Waals surface area contributed by atoms with Gasteiger partial charge in [0.2, 0.25) is 5.88 Å². The third-order valence-corrected chi connectivity index (χ3v) is 2.86. The summed E-state index contributed by atoms with van der Waals surface area (Å²) in [6, 6.07) is 6.68. The van der Waals surface area contributed by atoms with Crippen molar-refractivity contribution in [2.45, 2.75) is 6.92 Å². The van der Waals surface area contributed by atoms with Crippen LogP contribution in [0, 0.1) is 6.92 Å². The molecule has 17 heavy (non-hydrogen) atoms. The van der Waals surface area contributed by atoms with Crippen LogP contribution in [-0.2, 0) is 0 Å². The molecule has 0 aliphatic carbocycles. The van der Waals surface area contributed by atoms with Crippen molar-refractivity contribution >= 4 is 39.3 Å². The minimum Gasteiger partial charge on any atom is -0.338 e. The highest BCUT2D eigenvalue weighted by atomic mass is 79.9. The second-order valence-corrected chi connectivity index (χ2v) is 4.73. The topological polar surface area (TPSA) is 55.1 Å². The molecule has 0 bridgehead atoms. The summed E-state index contributed by atoms with van der Waals surface area (Å²) in [5.74, 6) is -0.0454. The van der Waals surface area contributed by atoms with E-state index in [4.69, 9.17) is 16.1 Å². The van der Waals surface area contributed by atoms with Crippen molar-refractivity contribution in [2.24, 2.45) is 0 Å². The number of hydrogen-bond acceptors (Lipinski definition) is 3. The van der Waals surface area contributed by atoms with Crippen molar-refractivity contribution < 1.29 is 9.32 Å². The first-order chi connectivity index (χ1) is 8.06. The molecule has 0 radical (unpaired) electrons. The number of halogens is 2. The fraction of sp³-hybridized carbons (Fsp3) is 0.0909. The lowest BCUT2D eigenvalue weighted by atomic mass is 10.2. The average molecular weight is 316 g/mol. The number of carbonyl (C=O) groups excluding carboxylic acids is 1. The maximum absolute atomic E-state index is 11.9. The van der Waals surface area contributed by atoms with E-state index in [-0.39, 0.29) is 5.91 Å². The zero-order valence-corrected chi connectivity index (χ0v) is 11.2. The van der Waals surface area contributed by atoms with Gasteiger partial charge in [-0.2, -0.15) is 0 Å². The molecule has 1 amide bonds. The van der Waals surface area contributed by atoms with Gasteiger partial charge in [0.15, 0.2) is 0 Å². The number of rotatable bonds is 2. The summed E-state index contributed by atoms with van der Waals surface area (Å²) in [4.78, 5) is 11.9. The SMILES string of the molecule is Cc1cc(NC(=O)c2cc(Br)ccc2Cl)on1. The van der Waals surface area contributed by atoms with Crippen LogP contribution in [0.25, 0.3) is 0 Å². The summed E-state index contributed by atoms with van der Waals surface area (Å²) >= 11 is 9.21. The van der Waals surface area contributed by atoms with Gasteiger partial charge < -0.3 is 4.52 Å². The van der Waals surface area contributed by atoms with Crippen LogP contribution in [0.2, 0.25) is 5.02 Å². The molecular weight excluding hydrogens is 307 g/mol. The van der Waals surface area contributed by atoms with Crippen LogP contribution in [0.1, 0.15) is 16.1 Å². The third kappa shape index (κ3) is 2.87. The summed E-state index contributed by atoms with van der Waals surface area (Å²) in [7, 11) is 0. The Labute approximate surface area is 111 Å². The Morgan fingerprint density at radius 1 is 1.47 bits per heavy atom. The van der Waals surface area contributed by atoms with Crippen LogP contribution < -0.4 is 5.32 Å². The fourth-order valence-corrected chi connectivity index (χ4v) is 1.84. The van der Waals surface area contributed by atoms with Crippen molar-refractivity contribution in [1.82, 2.24) is 5.16 Å². The minimum absolute atomic E-state index is 0.295. The number of hydrogen-bond donors (Lipinski definition) is 1. The van der Waals surface area contributed by atoms with E-state index < -0.39 is 0 Å². The molecule has 88 valence electrons. The number of carbonyl (C=O) groups is 1. The van der Waals surface area contributed by atoms with Gasteiger partial charge in [-0.05, 0) is 25.1 Å². The molecule has 1 aromatic heterocycles. The van der Waals surface area contributed by atoms with Gasteiger partial charge in [0, 0.05) is 10.5 Å². The van der Waals surface area contributed by atoms with Gasteiger partial charge in [-0.25, -0.2) is 0 Å². The van der Waals surface area contributed by atoms with Crippen molar-refractivity contribution in [3.05, 3.63) is 45.0 Å². The van der Waals surface area contributed by atoms with Crippen LogP contribution >= 0.6 is 27.5 Å². The monoisotopic (exact) mass is 314 g/mol. The number of nitrogens with zero attached hydrogens (tertiary/aromatic N) is 1. The van der Waals surface area contributed by atoms with E-state index in [1.54, 1.807) is 31.2 Å². The molecule has 0 atom stereocenters. The molecule has 2 rings (SSSR count). The molecule has 0 saturated carbocycles. The molecule has 0 spiro atoms. The van der Waals surface area contributed by atoms with Gasteiger partial charge in [0.1, 0.15) is 0 Å². The maximum atomic E-state index is 11.9. The fourth-order valence-electron chi connectivity index (χ4n) is 1.27. The molecule has 0 unspecified atom stereocenters. The molecule has 1 heterocycles. The van der Waals surface area contributed by atoms with Crippen molar-refractivity contribution in [3.8, 4) is 0 Å². The van der Waals surface area contributed by atoms with Crippen LogP contribution in [0.3, 0.4) is 0 Å². The maximum Gasteiger partial charge on any atom is 0.259 e. The molecule has 0 fully saturated rings. The molecule has 1 aromatic carbocycles. The quantitative estimate of drug-likeness (QED) is 0.920. The van der Waals surface area contributed by atoms with Gasteiger partial charge in [-0.15, -0.1) is 0 Å². The largest absolute Gasteiger partial charge is 0.338 e. The van der Waals surface area contributed by atoms with Gasteiger partial charge in [-0.1, -0.05) is 32.7 Å². The predicted octanol–water partition coefficient (Wildman–Crippen LogP) is 3.65. The summed E-state index contributed by atoms with van der Waals surface area (Å²) in [6.45, 7) is 1.77. The first-order valence-electron chi connectivity index (χ1n) is 4.76. The summed E-state index contributed by atoms with van der Waals surface area (Å²) in [6.07, 6.45) is 0. The smallest absolute Gasteiger partial charge is 0.259 e. The number of aryl methyl sites for hydroxylation is 1. The predicted molar refractivity (Wildman–Crippen MR) is 68.3 cm³/mol. The van der Waals surface area contributed by atoms with E-state index in [9.17, 15) is 4.79 Å². The zero-order chi connectivity index (χ0) is 12.4. The number of nitrogens with one attached hydrogen (secondary N) is 1. The molecule has 0 aliphatic heterocycles. The molecule has 6 heteroatoms. The summed E-state index contributed by atoms with van der Waals surface area (Å²) in [5.41, 5.74) is 1.07. The number of amides is 1. The van der Waals surface area contributed by atoms with E-state index in [1.165, 1.54) is 0 Å². The normalized spacial score (nSPS) is 10.3. The Morgan fingerprint density at radius 3 is 2.88 bits per heavy atom. The van der Waals surface area contributed by atoms with Crippen LogP contribution in [0.5, 0.6) is 0 Å².